The predicted molar refractivity (Wildman–Crippen MR) is 87.9 cm³/mol. The standard InChI is InChI=1S/C17H27NO.ClH/c1-4-9-18(10-5-2)16-12-15-14(11-13(16)3)7-6-8-17(15)19;/h6-8,13,16,19H,4-5,9-12H2,1-3H3;1H/t13-,16+;/m1./s1. The largest absolute Gasteiger partial charge is 0.508 e. The third-order valence-corrected chi connectivity index (χ3v) is 4.35. The maximum absolute atomic E-state index is 10.1. The minimum Gasteiger partial charge on any atom is -0.508 e. The van der Waals surface area contributed by atoms with Crippen molar-refractivity contribution < 1.29 is 5.11 Å². The molecule has 20 heavy (non-hydrogen) atoms. The van der Waals surface area contributed by atoms with E-state index in [1.807, 2.05) is 12.1 Å². The third kappa shape index (κ3) is 3.67. The van der Waals surface area contributed by atoms with Crippen molar-refractivity contribution in [3.8, 4) is 5.75 Å². The number of benzene rings is 1. The molecule has 0 radical (unpaired) electrons. The van der Waals surface area contributed by atoms with Crippen molar-refractivity contribution in [1.29, 1.82) is 0 Å². The van der Waals surface area contributed by atoms with E-state index in [0.717, 1.165) is 12.8 Å². The average Bonchev–Trinajstić information content (AvgIpc) is 2.38. The summed E-state index contributed by atoms with van der Waals surface area (Å²) in [5.41, 5.74) is 2.53. The topological polar surface area (TPSA) is 23.5 Å². The molecule has 0 saturated carbocycles. The molecule has 2 nitrogen and oxygen atoms in total. The molecule has 0 aliphatic heterocycles. The summed E-state index contributed by atoms with van der Waals surface area (Å²) in [5, 5.41) is 10.1. The highest BCUT2D eigenvalue weighted by molar-refractivity contribution is 5.85. The first-order valence-corrected chi connectivity index (χ1v) is 7.71. The van der Waals surface area contributed by atoms with Gasteiger partial charge in [-0.25, -0.2) is 0 Å². The maximum atomic E-state index is 10.1. The molecule has 1 aromatic rings. The van der Waals surface area contributed by atoms with Crippen LogP contribution >= 0.6 is 12.4 Å². The summed E-state index contributed by atoms with van der Waals surface area (Å²) in [5.74, 6) is 1.16. The van der Waals surface area contributed by atoms with Crippen molar-refractivity contribution >= 4 is 12.4 Å². The first-order chi connectivity index (χ1) is 9.17. The van der Waals surface area contributed by atoms with Gasteiger partial charge in [-0.05, 0) is 61.9 Å². The van der Waals surface area contributed by atoms with E-state index in [9.17, 15) is 5.11 Å². The Labute approximate surface area is 129 Å². The van der Waals surface area contributed by atoms with E-state index in [1.54, 1.807) is 0 Å². The second-order valence-electron chi connectivity index (χ2n) is 5.90. The fraction of sp³-hybridized carbons (Fsp3) is 0.647. The Morgan fingerprint density at radius 3 is 2.40 bits per heavy atom. The van der Waals surface area contributed by atoms with Crippen molar-refractivity contribution in [2.45, 2.75) is 52.5 Å². The van der Waals surface area contributed by atoms with E-state index in [1.165, 1.54) is 37.1 Å². The molecule has 0 saturated heterocycles. The van der Waals surface area contributed by atoms with Gasteiger partial charge in [0.2, 0.25) is 0 Å². The zero-order valence-electron chi connectivity index (χ0n) is 12.9. The lowest BCUT2D eigenvalue weighted by Crippen LogP contribution is -2.45. The van der Waals surface area contributed by atoms with E-state index >= 15 is 0 Å². The molecule has 3 heteroatoms. The Morgan fingerprint density at radius 1 is 1.15 bits per heavy atom. The molecule has 1 aromatic carbocycles. The Hall–Kier alpha value is -0.730. The summed E-state index contributed by atoms with van der Waals surface area (Å²) < 4.78 is 0. The minimum atomic E-state index is 0. The summed E-state index contributed by atoms with van der Waals surface area (Å²) in [6.07, 6.45) is 4.51. The fourth-order valence-corrected chi connectivity index (χ4v) is 3.45. The van der Waals surface area contributed by atoms with Gasteiger partial charge >= 0.3 is 0 Å². The van der Waals surface area contributed by atoms with Crippen LogP contribution in [0.3, 0.4) is 0 Å². The van der Waals surface area contributed by atoms with Crippen LogP contribution in [0.2, 0.25) is 0 Å². The first kappa shape index (κ1) is 17.3. The number of aromatic hydroxyl groups is 1. The maximum Gasteiger partial charge on any atom is 0.119 e. The second kappa shape index (κ2) is 7.90. The van der Waals surface area contributed by atoms with Crippen LogP contribution in [0.1, 0.15) is 44.7 Å². The molecule has 1 aliphatic rings. The van der Waals surface area contributed by atoms with Gasteiger partial charge in [0.15, 0.2) is 0 Å². The number of halogens is 1. The number of hydrogen-bond acceptors (Lipinski definition) is 2. The van der Waals surface area contributed by atoms with Gasteiger partial charge in [-0.15, -0.1) is 12.4 Å². The SMILES string of the molecule is CCCN(CCC)[C@H]1Cc2c(O)cccc2C[C@H]1C.Cl. The van der Waals surface area contributed by atoms with Crippen LogP contribution in [0.15, 0.2) is 18.2 Å². The van der Waals surface area contributed by atoms with Crippen LogP contribution < -0.4 is 0 Å². The van der Waals surface area contributed by atoms with Crippen molar-refractivity contribution in [2.75, 3.05) is 13.1 Å². The molecule has 0 fully saturated rings. The van der Waals surface area contributed by atoms with E-state index < -0.39 is 0 Å². The predicted octanol–water partition coefficient (Wildman–Crippen LogP) is 4.04. The monoisotopic (exact) mass is 297 g/mol. The fourth-order valence-electron chi connectivity index (χ4n) is 3.45. The molecule has 0 bridgehead atoms. The molecule has 1 aliphatic carbocycles. The van der Waals surface area contributed by atoms with Gasteiger partial charge in [0.1, 0.15) is 5.75 Å². The molecule has 0 aromatic heterocycles. The van der Waals surface area contributed by atoms with E-state index in [4.69, 9.17) is 0 Å². The molecule has 0 amide bonds. The lowest BCUT2D eigenvalue weighted by Gasteiger charge is -2.39. The molecule has 114 valence electrons. The Kier molecular flexibility index (Phi) is 6.84. The van der Waals surface area contributed by atoms with Crippen LogP contribution in [0.25, 0.3) is 0 Å². The Morgan fingerprint density at radius 2 is 1.80 bits per heavy atom. The van der Waals surface area contributed by atoms with Crippen molar-refractivity contribution in [2.24, 2.45) is 5.92 Å². The van der Waals surface area contributed by atoms with Gasteiger partial charge in [0, 0.05) is 6.04 Å². The molecular formula is C17H28ClNO. The van der Waals surface area contributed by atoms with E-state index in [2.05, 4.69) is 31.7 Å². The highest BCUT2D eigenvalue weighted by Crippen LogP contribution is 2.33. The Bertz CT molecular complexity index is 415. The zero-order chi connectivity index (χ0) is 13.8. The van der Waals surface area contributed by atoms with Gasteiger partial charge in [-0.1, -0.05) is 32.9 Å². The van der Waals surface area contributed by atoms with Gasteiger partial charge in [0.25, 0.3) is 0 Å². The van der Waals surface area contributed by atoms with Crippen LogP contribution in [-0.2, 0) is 12.8 Å². The number of hydrogen-bond donors (Lipinski definition) is 1. The molecule has 0 heterocycles. The lowest BCUT2D eigenvalue weighted by molar-refractivity contribution is 0.138. The number of fused-ring (bicyclic) bond motifs is 1. The van der Waals surface area contributed by atoms with Crippen LogP contribution in [0.5, 0.6) is 5.75 Å². The summed E-state index contributed by atoms with van der Waals surface area (Å²) in [4.78, 5) is 2.63. The molecule has 2 atom stereocenters. The molecule has 0 spiro atoms. The van der Waals surface area contributed by atoms with Gasteiger partial charge in [-0.3, -0.25) is 4.90 Å². The van der Waals surface area contributed by atoms with Gasteiger partial charge in [0.05, 0.1) is 0 Å². The average molecular weight is 298 g/mol. The molecular weight excluding hydrogens is 270 g/mol. The zero-order valence-corrected chi connectivity index (χ0v) is 13.7. The second-order valence-corrected chi connectivity index (χ2v) is 5.90. The third-order valence-electron chi connectivity index (χ3n) is 4.35. The number of phenols is 1. The molecule has 1 N–H and O–H groups in total. The quantitative estimate of drug-likeness (QED) is 0.886. The summed E-state index contributed by atoms with van der Waals surface area (Å²) in [6, 6.07) is 6.55. The first-order valence-electron chi connectivity index (χ1n) is 7.71. The molecule has 0 unspecified atom stereocenters. The molecule has 2 rings (SSSR count). The Balaban J connectivity index is 0.00000200. The lowest BCUT2D eigenvalue weighted by atomic mass is 9.80. The number of phenolic OH excluding ortho intramolecular Hbond substituents is 1. The van der Waals surface area contributed by atoms with Gasteiger partial charge in [-0.2, -0.15) is 0 Å². The summed E-state index contributed by atoms with van der Waals surface area (Å²) in [7, 11) is 0. The van der Waals surface area contributed by atoms with Gasteiger partial charge < -0.3 is 5.11 Å². The van der Waals surface area contributed by atoms with Crippen molar-refractivity contribution in [3.63, 3.8) is 0 Å². The van der Waals surface area contributed by atoms with Crippen molar-refractivity contribution in [1.82, 2.24) is 4.90 Å². The normalized spacial score (nSPS) is 21.4. The van der Waals surface area contributed by atoms with E-state index in [0.29, 0.717) is 17.7 Å². The van der Waals surface area contributed by atoms with Crippen molar-refractivity contribution in [3.05, 3.63) is 29.3 Å². The number of rotatable bonds is 5. The van der Waals surface area contributed by atoms with Crippen LogP contribution in [0, 0.1) is 5.92 Å². The minimum absolute atomic E-state index is 0. The summed E-state index contributed by atoms with van der Waals surface area (Å²) >= 11 is 0. The van der Waals surface area contributed by atoms with Crippen LogP contribution in [0.4, 0.5) is 0 Å². The van der Waals surface area contributed by atoms with E-state index in [-0.39, 0.29) is 12.4 Å². The smallest absolute Gasteiger partial charge is 0.119 e. The number of nitrogens with zero attached hydrogens (tertiary/aromatic N) is 1. The van der Waals surface area contributed by atoms with Crippen LogP contribution in [-0.4, -0.2) is 29.1 Å². The summed E-state index contributed by atoms with van der Waals surface area (Å²) in [6.45, 7) is 9.21. The highest BCUT2D eigenvalue weighted by Gasteiger charge is 2.30. The highest BCUT2D eigenvalue weighted by atomic mass is 35.5.